The molecule has 0 spiro atoms. The van der Waals surface area contributed by atoms with Crippen LogP contribution in [0, 0.1) is 5.92 Å². The number of H-pyrrole nitrogens is 1. The number of aromatic amines is 1. The molecule has 0 aliphatic carbocycles. The number of carbonyl (C=O) groups is 1. The minimum atomic E-state index is -0.287. The fourth-order valence-corrected chi connectivity index (χ4v) is 2.52. The summed E-state index contributed by atoms with van der Waals surface area (Å²) in [5.74, 6) is -0.0308. The molecule has 2 aromatic rings. The molecule has 4 nitrogen and oxygen atoms in total. The Morgan fingerprint density at radius 3 is 2.68 bits per heavy atom. The molecule has 19 heavy (non-hydrogen) atoms. The molecule has 1 aromatic heterocycles. The van der Waals surface area contributed by atoms with E-state index >= 15 is 0 Å². The zero-order valence-electron chi connectivity index (χ0n) is 11.8. The lowest BCUT2D eigenvalue weighted by atomic mass is 10.0. The molecule has 0 saturated heterocycles. The molecule has 0 saturated carbocycles. The van der Waals surface area contributed by atoms with Gasteiger partial charge >= 0.3 is 5.97 Å². The first-order valence-electron chi connectivity index (χ1n) is 6.43. The van der Waals surface area contributed by atoms with Crippen molar-refractivity contribution in [2.24, 2.45) is 5.92 Å². The highest BCUT2D eigenvalue weighted by Crippen LogP contribution is 2.28. The summed E-state index contributed by atoms with van der Waals surface area (Å²) in [6, 6.07) is 7.77. The lowest BCUT2D eigenvalue weighted by Gasteiger charge is -2.31. The zero-order valence-corrected chi connectivity index (χ0v) is 11.8. The summed E-state index contributed by atoms with van der Waals surface area (Å²) in [6.07, 6.45) is 1.91. The first-order chi connectivity index (χ1) is 9.06. The maximum atomic E-state index is 12.0. The highest BCUT2D eigenvalue weighted by molar-refractivity contribution is 5.94. The number of ether oxygens (including phenoxy) is 1. The van der Waals surface area contributed by atoms with Crippen molar-refractivity contribution < 1.29 is 9.53 Å². The molecular weight excluding hydrogens is 240 g/mol. The van der Waals surface area contributed by atoms with Crippen molar-refractivity contribution >= 4 is 22.6 Å². The molecule has 0 bridgehead atoms. The smallest absolute Gasteiger partial charge is 0.328 e. The highest BCUT2D eigenvalue weighted by Gasteiger charge is 2.28. The van der Waals surface area contributed by atoms with E-state index in [-0.39, 0.29) is 17.9 Å². The summed E-state index contributed by atoms with van der Waals surface area (Å²) in [4.78, 5) is 17.1. The highest BCUT2D eigenvalue weighted by atomic mass is 16.5. The van der Waals surface area contributed by atoms with Crippen molar-refractivity contribution in [3.63, 3.8) is 0 Å². The Labute approximate surface area is 113 Å². The minimum absolute atomic E-state index is 0.173. The number of anilines is 1. The molecular formula is C15H20N2O2. The van der Waals surface area contributed by atoms with Gasteiger partial charge in [-0.25, -0.2) is 4.79 Å². The number of esters is 1. The van der Waals surface area contributed by atoms with Crippen LogP contribution in [0.25, 0.3) is 10.9 Å². The standard InChI is InChI=1S/C15H20N2O2/c1-10(2)14(15(18)19-4)17(3)13-7-5-6-12-11(13)8-9-16-12/h5-10,14,16H,1-4H3/t14-/m0/s1. The Morgan fingerprint density at radius 2 is 2.05 bits per heavy atom. The maximum absolute atomic E-state index is 12.0. The second-order valence-electron chi connectivity index (χ2n) is 5.04. The number of likely N-dealkylation sites (N-methyl/N-ethyl adjacent to an activating group) is 1. The molecule has 0 radical (unpaired) electrons. The summed E-state index contributed by atoms with van der Waals surface area (Å²) in [5, 5.41) is 1.11. The van der Waals surface area contributed by atoms with Crippen LogP contribution in [0.2, 0.25) is 0 Å². The van der Waals surface area contributed by atoms with Gasteiger partial charge in [0.1, 0.15) is 6.04 Å². The van der Waals surface area contributed by atoms with Gasteiger partial charge in [0.25, 0.3) is 0 Å². The van der Waals surface area contributed by atoms with Gasteiger partial charge in [-0.1, -0.05) is 19.9 Å². The van der Waals surface area contributed by atoms with Crippen molar-refractivity contribution in [2.45, 2.75) is 19.9 Å². The van der Waals surface area contributed by atoms with Gasteiger partial charge in [0.2, 0.25) is 0 Å². The number of fused-ring (bicyclic) bond motifs is 1. The topological polar surface area (TPSA) is 45.3 Å². The first-order valence-corrected chi connectivity index (χ1v) is 6.43. The van der Waals surface area contributed by atoms with Gasteiger partial charge in [-0.3, -0.25) is 0 Å². The summed E-state index contributed by atoms with van der Waals surface area (Å²) in [5.41, 5.74) is 2.10. The van der Waals surface area contributed by atoms with E-state index in [9.17, 15) is 4.79 Å². The SMILES string of the molecule is COC(=O)[C@H](C(C)C)N(C)c1cccc2[nH]ccc12. The van der Waals surface area contributed by atoms with Gasteiger partial charge < -0.3 is 14.6 Å². The van der Waals surface area contributed by atoms with Gasteiger partial charge in [0, 0.05) is 29.8 Å². The van der Waals surface area contributed by atoms with E-state index in [1.807, 2.05) is 56.3 Å². The number of benzene rings is 1. The molecule has 0 fully saturated rings. The quantitative estimate of drug-likeness (QED) is 0.860. The predicted octanol–water partition coefficient (Wildman–Crippen LogP) is 2.80. The van der Waals surface area contributed by atoms with Gasteiger partial charge in [-0.05, 0) is 24.1 Å². The Morgan fingerprint density at radius 1 is 1.32 bits per heavy atom. The molecule has 1 aromatic carbocycles. The number of hydrogen-bond donors (Lipinski definition) is 1. The van der Waals surface area contributed by atoms with Crippen LogP contribution in [-0.2, 0) is 9.53 Å². The Kier molecular flexibility index (Phi) is 3.79. The summed E-state index contributed by atoms with van der Waals surface area (Å²) >= 11 is 0. The molecule has 4 heteroatoms. The number of methoxy groups -OCH3 is 1. The van der Waals surface area contributed by atoms with Crippen LogP contribution < -0.4 is 4.90 Å². The third-order valence-electron chi connectivity index (χ3n) is 3.44. The van der Waals surface area contributed by atoms with Gasteiger partial charge in [-0.2, -0.15) is 0 Å². The minimum Gasteiger partial charge on any atom is -0.467 e. The van der Waals surface area contributed by atoms with E-state index in [1.54, 1.807) is 0 Å². The molecule has 1 heterocycles. The molecule has 0 amide bonds. The fraction of sp³-hybridized carbons (Fsp3) is 0.400. The normalized spacial score (nSPS) is 12.7. The van der Waals surface area contributed by atoms with Gasteiger partial charge in [0.05, 0.1) is 7.11 Å². The van der Waals surface area contributed by atoms with Crippen molar-refractivity contribution in [3.8, 4) is 0 Å². The average Bonchev–Trinajstić information content (AvgIpc) is 2.85. The average molecular weight is 260 g/mol. The molecule has 102 valence electrons. The van der Waals surface area contributed by atoms with E-state index in [0.717, 1.165) is 16.6 Å². The van der Waals surface area contributed by atoms with Crippen LogP contribution in [0.5, 0.6) is 0 Å². The zero-order chi connectivity index (χ0) is 14.0. The lowest BCUT2D eigenvalue weighted by Crippen LogP contribution is -2.43. The maximum Gasteiger partial charge on any atom is 0.328 e. The number of hydrogen-bond acceptors (Lipinski definition) is 3. The lowest BCUT2D eigenvalue weighted by molar-refractivity contribution is -0.143. The second-order valence-corrected chi connectivity index (χ2v) is 5.04. The van der Waals surface area contributed by atoms with Crippen LogP contribution in [0.4, 0.5) is 5.69 Å². The largest absolute Gasteiger partial charge is 0.467 e. The number of aromatic nitrogens is 1. The van der Waals surface area contributed by atoms with Crippen molar-refractivity contribution in [1.82, 2.24) is 4.98 Å². The van der Waals surface area contributed by atoms with Crippen LogP contribution in [0.1, 0.15) is 13.8 Å². The Balaban J connectivity index is 2.44. The first kappa shape index (κ1) is 13.5. The van der Waals surface area contributed by atoms with Crippen LogP contribution in [0.3, 0.4) is 0 Å². The van der Waals surface area contributed by atoms with Crippen LogP contribution in [0.15, 0.2) is 30.5 Å². The van der Waals surface area contributed by atoms with E-state index in [1.165, 1.54) is 7.11 Å². The van der Waals surface area contributed by atoms with Gasteiger partial charge in [-0.15, -0.1) is 0 Å². The number of rotatable bonds is 4. The third kappa shape index (κ3) is 2.43. The van der Waals surface area contributed by atoms with E-state index in [0.29, 0.717) is 0 Å². The number of nitrogens with one attached hydrogen (secondary N) is 1. The molecule has 0 aliphatic rings. The van der Waals surface area contributed by atoms with E-state index in [2.05, 4.69) is 4.98 Å². The van der Waals surface area contributed by atoms with Crippen LogP contribution in [-0.4, -0.2) is 31.2 Å². The summed E-state index contributed by atoms with van der Waals surface area (Å²) in [6.45, 7) is 4.05. The van der Waals surface area contributed by atoms with Crippen molar-refractivity contribution in [3.05, 3.63) is 30.5 Å². The Hall–Kier alpha value is -1.97. The molecule has 0 aliphatic heterocycles. The van der Waals surface area contributed by atoms with E-state index < -0.39 is 0 Å². The molecule has 1 N–H and O–H groups in total. The van der Waals surface area contributed by atoms with Crippen LogP contribution >= 0.6 is 0 Å². The van der Waals surface area contributed by atoms with Gasteiger partial charge in [0.15, 0.2) is 0 Å². The molecule has 1 atom stereocenters. The van der Waals surface area contributed by atoms with Crippen molar-refractivity contribution in [1.29, 1.82) is 0 Å². The second kappa shape index (κ2) is 5.34. The predicted molar refractivity (Wildman–Crippen MR) is 77.3 cm³/mol. The monoisotopic (exact) mass is 260 g/mol. The third-order valence-corrected chi connectivity index (χ3v) is 3.44. The molecule has 2 rings (SSSR count). The fourth-order valence-electron chi connectivity index (χ4n) is 2.52. The number of nitrogens with zero attached hydrogens (tertiary/aromatic N) is 1. The number of carbonyl (C=O) groups excluding carboxylic acids is 1. The summed E-state index contributed by atoms with van der Waals surface area (Å²) in [7, 11) is 3.37. The van der Waals surface area contributed by atoms with Crippen molar-refractivity contribution in [2.75, 3.05) is 19.1 Å². The molecule has 0 unspecified atom stereocenters. The summed E-state index contributed by atoms with van der Waals surface area (Å²) < 4.78 is 4.92. The van der Waals surface area contributed by atoms with E-state index in [4.69, 9.17) is 4.74 Å². The Bertz CT molecular complexity index is 574.